The number of hydrogen-bond donors (Lipinski definition) is 9. The van der Waals surface area contributed by atoms with Crippen LogP contribution in [0, 0.1) is 5.41 Å². The van der Waals surface area contributed by atoms with Crippen LogP contribution in [-0.2, 0) is 60.2 Å². The lowest BCUT2D eigenvalue weighted by atomic mass is 9.87. The molecule has 2 aromatic heterocycles. The molecule has 55 heavy (non-hydrogen) atoms. The van der Waals surface area contributed by atoms with Gasteiger partial charge in [0.15, 0.2) is 22.8 Å². The van der Waals surface area contributed by atoms with E-state index >= 15 is 0 Å². The van der Waals surface area contributed by atoms with E-state index in [-0.39, 0.29) is 42.2 Å². The van der Waals surface area contributed by atoms with E-state index in [1.54, 1.807) is 0 Å². The minimum Gasteiger partial charge on any atom is -0.469 e. The van der Waals surface area contributed by atoms with Gasteiger partial charge < -0.3 is 55.6 Å². The zero-order valence-electron chi connectivity index (χ0n) is 29.1. The fraction of sp³-hybridized carbons (Fsp3) is 0.640. The maximum Gasteiger partial charge on any atom is 0.481 e. The number of methoxy groups -OCH3 is 1. The molecule has 3 heterocycles. The summed E-state index contributed by atoms with van der Waals surface area (Å²) in [5, 5.41) is 25.7. The van der Waals surface area contributed by atoms with Gasteiger partial charge in [-0.15, -0.1) is 0 Å². The highest BCUT2D eigenvalue weighted by molar-refractivity contribution is 8.13. The molecule has 3 unspecified atom stereocenters. The average molecular weight is 868 g/mol. The number of esters is 1. The molecular formula is C25H40N7O19P3S. The minimum atomic E-state index is -5.58. The number of rotatable bonds is 21. The van der Waals surface area contributed by atoms with Crippen molar-refractivity contribution in [3.8, 4) is 0 Å². The second-order valence-corrected chi connectivity index (χ2v) is 17.4. The topological polar surface area (TPSA) is 390 Å². The van der Waals surface area contributed by atoms with Crippen LogP contribution in [0.5, 0.6) is 0 Å². The molecule has 0 bridgehead atoms. The second kappa shape index (κ2) is 19.5. The highest BCUT2D eigenvalue weighted by atomic mass is 32.2. The van der Waals surface area contributed by atoms with Gasteiger partial charge in [-0.2, -0.15) is 4.31 Å². The molecule has 1 saturated heterocycles. The summed E-state index contributed by atoms with van der Waals surface area (Å²) >= 11 is 0.813. The third-order valence-electron chi connectivity index (χ3n) is 7.28. The molecule has 30 heteroatoms. The van der Waals surface area contributed by atoms with E-state index in [0.29, 0.717) is 0 Å². The molecule has 3 rings (SSSR count). The van der Waals surface area contributed by atoms with Crippen LogP contribution in [0.2, 0.25) is 0 Å². The first-order valence-electron chi connectivity index (χ1n) is 15.6. The second-order valence-electron chi connectivity index (χ2n) is 12.0. The third kappa shape index (κ3) is 14.2. The Hall–Kier alpha value is -2.97. The van der Waals surface area contributed by atoms with Crippen molar-refractivity contribution in [3.63, 3.8) is 0 Å². The number of aliphatic hydroxyl groups excluding tert-OH is 2. The van der Waals surface area contributed by atoms with Crippen molar-refractivity contribution in [3.05, 3.63) is 12.7 Å². The Balaban J connectivity index is 1.49. The zero-order valence-corrected chi connectivity index (χ0v) is 32.6. The number of nitrogens with two attached hydrogens (primary N) is 1. The Kier molecular flexibility index (Phi) is 16.4. The number of fused-ring (bicyclic) bond motifs is 1. The summed E-state index contributed by atoms with van der Waals surface area (Å²) in [7, 11) is -15.3. The largest absolute Gasteiger partial charge is 0.481 e. The number of nitrogen functional groups attached to an aromatic ring is 1. The first-order valence-corrected chi connectivity index (χ1v) is 21.1. The van der Waals surface area contributed by atoms with Crippen LogP contribution in [0.4, 0.5) is 5.82 Å². The summed E-state index contributed by atoms with van der Waals surface area (Å²) in [4.78, 5) is 98.0. The van der Waals surface area contributed by atoms with Crippen molar-refractivity contribution >= 4 is 75.1 Å². The first-order chi connectivity index (χ1) is 25.4. The number of carbonyl (C=O) groups is 4. The van der Waals surface area contributed by atoms with Gasteiger partial charge in [-0.25, -0.2) is 28.6 Å². The van der Waals surface area contributed by atoms with Crippen molar-refractivity contribution in [2.45, 2.75) is 57.3 Å². The number of anilines is 1. The SMILES string of the molecule is COC(=O)CC(=O)SCCNC(=O)CCNC(=O)C(O)C(C)(C)COP(=O)(O)OP(=O)(O)OC[C@H]1O[C@@H](n2cnc3c(N)ncnc32)[C@H](O)[C@@H]1OP(=O)(O)O. The van der Waals surface area contributed by atoms with Crippen molar-refractivity contribution in [2.75, 3.05) is 44.9 Å². The minimum absolute atomic E-state index is 0.0215. The Morgan fingerprint density at radius 2 is 1.73 bits per heavy atom. The van der Waals surface area contributed by atoms with Gasteiger partial charge >= 0.3 is 29.4 Å². The van der Waals surface area contributed by atoms with E-state index in [9.17, 15) is 62.7 Å². The Morgan fingerprint density at radius 3 is 2.38 bits per heavy atom. The molecule has 0 spiro atoms. The number of thioether (sulfide) groups is 1. The molecule has 2 aromatic rings. The predicted octanol–water partition coefficient (Wildman–Crippen LogP) is -1.77. The van der Waals surface area contributed by atoms with Gasteiger partial charge in [0.1, 0.15) is 42.7 Å². The smallest absolute Gasteiger partial charge is 0.469 e. The monoisotopic (exact) mass is 867 g/mol. The maximum absolute atomic E-state index is 12.6. The van der Waals surface area contributed by atoms with Crippen LogP contribution in [0.1, 0.15) is 32.9 Å². The van der Waals surface area contributed by atoms with E-state index < -0.39 is 102 Å². The van der Waals surface area contributed by atoms with Gasteiger partial charge in [-0.05, 0) is 0 Å². The Labute approximate surface area is 315 Å². The summed E-state index contributed by atoms with van der Waals surface area (Å²) < 4.78 is 66.3. The van der Waals surface area contributed by atoms with Gasteiger partial charge in [0.2, 0.25) is 11.8 Å². The molecule has 0 aliphatic carbocycles. The van der Waals surface area contributed by atoms with Crippen LogP contribution in [-0.4, -0.2) is 136 Å². The highest BCUT2D eigenvalue weighted by Crippen LogP contribution is 2.61. The number of phosphoric ester groups is 3. The van der Waals surface area contributed by atoms with E-state index in [0.717, 1.165) is 36.1 Å². The van der Waals surface area contributed by atoms with Gasteiger partial charge in [0.25, 0.3) is 0 Å². The molecule has 1 aliphatic heterocycles. The Bertz CT molecular complexity index is 1850. The quantitative estimate of drug-likeness (QED) is 0.0290. The van der Waals surface area contributed by atoms with E-state index in [1.807, 2.05) is 0 Å². The number of hydrogen-bond acceptors (Lipinski definition) is 20. The fourth-order valence-electron chi connectivity index (χ4n) is 4.54. The van der Waals surface area contributed by atoms with Crippen LogP contribution in [0.15, 0.2) is 12.7 Å². The number of phosphoric acid groups is 3. The molecule has 0 aromatic carbocycles. The number of nitrogens with one attached hydrogen (secondary N) is 2. The van der Waals surface area contributed by atoms with Gasteiger partial charge in [0.05, 0.1) is 26.7 Å². The molecule has 7 atom stereocenters. The fourth-order valence-corrected chi connectivity index (χ4v) is 8.02. The third-order valence-corrected chi connectivity index (χ3v) is 11.3. The van der Waals surface area contributed by atoms with Gasteiger partial charge in [0, 0.05) is 30.7 Å². The van der Waals surface area contributed by atoms with Crippen LogP contribution in [0.25, 0.3) is 11.2 Å². The van der Waals surface area contributed by atoms with E-state index in [2.05, 4.69) is 39.2 Å². The summed E-state index contributed by atoms with van der Waals surface area (Å²) in [6.07, 6.45) is -7.49. The van der Waals surface area contributed by atoms with Crippen LogP contribution in [0.3, 0.4) is 0 Å². The lowest BCUT2D eigenvalue weighted by Crippen LogP contribution is -2.46. The molecular weight excluding hydrogens is 827 g/mol. The standard InChI is InChI=1S/C25H40N7O19P3S/c1-25(2,20(37)23(38)28-5-4-14(33)27-6-7-55-16(35)8-15(34)46-3)10-48-54(44,45)51-53(42,43)47-9-13-19(50-52(39,40)41)18(36)24(49-13)32-12-31-17-21(26)29-11-30-22(17)32/h11-13,18-20,24,36-37H,4-10H2,1-3H3,(H,27,33)(H,28,38)(H,42,43)(H,44,45)(H2,26,29,30)(H2,39,40,41)/t13-,18-,19-,20?,24-/m1/s1. The molecule has 10 N–H and O–H groups in total. The predicted molar refractivity (Wildman–Crippen MR) is 184 cm³/mol. The van der Waals surface area contributed by atoms with Crippen LogP contribution < -0.4 is 16.4 Å². The maximum atomic E-state index is 12.6. The van der Waals surface area contributed by atoms with Crippen molar-refractivity contribution in [1.29, 1.82) is 0 Å². The van der Waals surface area contributed by atoms with Crippen molar-refractivity contribution in [2.24, 2.45) is 5.41 Å². The van der Waals surface area contributed by atoms with Crippen molar-refractivity contribution in [1.82, 2.24) is 30.2 Å². The molecule has 1 fully saturated rings. The molecule has 2 amide bonds. The highest BCUT2D eigenvalue weighted by Gasteiger charge is 2.50. The van der Waals surface area contributed by atoms with Gasteiger partial charge in [-0.1, -0.05) is 25.6 Å². The number of aromatic nitrogens is 4. The lowest BCUT2D eigenvalue weighted by Gasteiger charge is -2.30. The first kappa shape index (κ1) is 46.4. The lowest BCUT2D eigenvalue weighted by molar-refractivity contribution is -0.142. The van der Waals surface area contributed by atoms with E-state index in [4.69, 9.17) is 19.5 Å². The normalized spacial score (nSPS) is 21.7. The number of nitrogens with zero attached hydrogens (tertiary/aromatic N) is 4. The summed E-state index contributed by atoms with van der Waals surface area (Å²) in [6.45, 7) is 0.224. The number of imidazole rings is 1. The number of ether oxygens (including phenoxy) is 2. The number of amides is 2. The number of aliphatic hydroxyl groups is 2. The molecule has 0 saturated carbocycles. The number of carbonyl (C=O) groups excluding carboxylic acids is 4. The summed E-state index contributed by atoms with van der Waals surface area (Å²) in [5.74, 6) is -2.10. The summed E-state index contributed by atoms with van der Waals surface area (Å²) in [5.41, 5.74) is 4.21. The van der Waals surface area contributed by atoms with Crippen LogP contribution >= 0.6 is 35.2 Å². The molecule has 310 valence electrons. The van der Waals surface area contributed by atoms with Gasteiger partial charge in [-0.3, -0.25) is 37.3 Å². The zero-order chi connectivity index (χ0) is 41.4. The van der Waals surface area contributed by atoms with Crippen molar-refractivity contribution < 1.29 is 90.0 Å². The summed E-state index contributed by atoms with van der Waals surface area (Å²) in [6, 6.07) is 0. The Morgan fingerprint density at radius 1 is 1.05 bits per heavy atom. The molecule has 26 nitrogen and oxygen atoms in total. The molecule has 1 aliphatic rings. The van der Waals surface area contributed by atoms with E-state index in [1.165, 1.54) is 13.8 Å². The average Bonchev–Trinajstić information content (AvgIpc) is 3.64. The molecule has 0 radical (unpaired) electrons.